The van der Waals surface area contributed by atoms with Crippen molar-refractivity contribution in [1.82, 2.24) is 14.9 Å². The summed E-state index contributed by atoms with van der Waals surface area (Å²) in [6.07, 6.45) is 0. The van der Waals surface area contributed by atoms with Gasteiger partial charge in [-0.1, -0.05) is 11.6 Å². The minimum absolute atomic E-state index is 0. The normalized spacial score (nSPS) is 16.0. The van der Waals surface area contributed by atoms with Crippen LogP contribution in [0.25, 0.3) is 0 Å². The molecular weight excluding hydrogens is 265 g/mol. The SMILES string of the molecule is CN1CCN(c2cc(Cl)nc(N)n2)CC1.Cl.O. The lowest BCUT2D eigenvalue weighted by Crippen LogP contribution is -2.44. The van der Waals surface area contributed by atoms with Gasteiger partial charge in [0.2, 0.25) is 5.95 Å². The predicted molar refractivity (Wildman–Crippen MR) is 72.0 cm³/mol. The molecule has 0 atom stereocenters. The van der Waals surface area contributed by atoms with Crippen LogP contribution in [-0.4, -0.2) is 53.6 Å². The Morgan fingerprint density at radius 2 is 1.82 bits per heavy atom. The van der Waals surface area contributed by atoms with Gasteiger partial charge in [0, 0.05) is 32.2 Å². The standard InChI is InChI=1S/C9H14ClN5.ClH.H2O/c1-14-2-4-15(5-3-14)8-6-7(10)12-9(11)13-8;;/h6H,2-5H2,1H3,(H2,11,12,13);1H;1H2. The van der Waals surface area contributed by atoms with Crippen LogP contribution in [0.2, 0.25) is 5.15 Å². The number of hydrogen-bond donors (Lipinski definition) is 1. The summed E-state index contributed by atoms with van der Waals surface area (Å²) in [5.74, 6) is 1.05. The molecule has 4 N–H and O–H groups in total. The second-order valence-corrected chi connectivity index (χ2v) is 4.08. The first-order valence-electron chi connectivity index (χ1n) is 4.89. The van der Waals surface area contributed by atoms with Crippen molar-refractivity contribution >= 4 is 35.8 Å². The monoisotopic (exact) mass is 281 g/mol. The molecule has 17 heavy (non-hydrogen) atoms. The van der Waals surface area contributed by atoms with Crippen LogP contribution in [0.15, 0.2) is 6.07 Å². The molecule has 0 aromatic carbocycles. The van der Waals surface area contributed by atoms with E-state index in [9.17, 15) is 0 Å². The van der Waals surface area contributed by atoms with Gasteiger partial charge in [0.25, 0.3) is 0 Å². The van der Waals surface area contributed by atoms with Gasteiger partial charge in [0.1, 0.15) is 11.0 Å². The van der Waals surface area contributed by atoms with Crippen LogP contribution in [0.5, 0.6) is 0 Å². The summed E-state index contributed by atoms with van der Waals surface area (Å²) in [6.45, 7) is 3.95. The van der Waals surface area contributed by atoms with Crippen molar-refractivity contribution in [3.8, 4) is 0 Å². The van der Waals surface area contributed by atoms with Gasteiger partial charge >= 0.3 is 0 Å². The lowest BCUT2D eigenvalue weighted by Gasteiger charge is -2.33. The lowest BCUT2D eigenvalue weighted by molar-refractivity contribution is 0.312. The van der Waals surface area contributed by atoms with Crippen molar-refractivity contribution in [2.75, 3.05) is 43.9 Å². The zero-order valence-corrected chi connectivity index (χ0v) is 11.1. The number of rotatable bonds is 1. The highest BCUT2D eigenvalue weighted by molar-refractivity contribution is 6.29. The molecule has 1 aromatic rings. The van der Waals surface area contributed by atoms with Crippen molar-refractivity contribution < 1.29 is 5.48 Å². The van der Waals surface area contributed by atoms with Crippen LogP contribution in [0, 0.1) is 0 Å². The van der Waals surface area contributed by atoms with E-state index in [2.05, 4.69) is 26.8 Å². The van der Waals surface area contributed by atoms with E-state index >= 15 is 0 Å². The zero-order chi connectivity index (χ0) is 10.8. The number of likely N-dealkylation sites (N-methyl/N-ethyl adjacent to an activating group) is 1. The highest BCUT2D eigenvalue weighted by Gasteiger charge is 2.16. The fraction of sp³-hybridized carbons (Fsp3) is 0.556. The minimum Gasteiger partial charge on any atom is -0.412 e. The van der Waals surface area contributed by atoms with Gasteiger partial charge in [-0.05, 0) is 7.05 Å². The molecule has 1 aromatic heterocycles. The maximum atomic E-state index is 5.83. The topological polar surface area (TPSA) is 89.8 Å². The number of aromatic nitrogens is 2. The van der Waals surface area contributed by atoms with Gasteiger partial charge in [0.05, 0.1) is 0 Å². The van der Waals surface area contributed by atoms with Crippen molar-refractivity contribution in [2.45, 2.75) is 0 Å². The van der Waals surface area contributed by atoms with E-state index in [0.717, 1.165) is 32.0 Å². The molecule has 98 valence electrons. The van der Waals surface area contributed by atoms with Gasteiger partial charge in [0.15, 0.2) is 0 Å². The Labute approximate surface area is 111 Å². The molecule has 1 saturated heterocycles. The third-order valence-corrected chi connectivity index (χ3v) is 2.72. The molecule has 0 bridgehead atoms. The Bertz CT molecular complexity index is 337. The quantitative estimate of drug-likeness (QED) is 0.736. The Hall–Kier alpha value is -0.820. The number of anilines is 2. The van der Waals surface area contributed by atoms with Crippen LogP contribution >= 0.6 is 24.0 Å². The van der Waals surface area contributed by atoms with Gasteiger partial charge in [-0.25, -0.2) is 4.98 Å². The third-order valence-electron chi connectivity index (χ3n) is 2.53. The summed E-state index contributed by atoms with van der Waals surface area (Å²) in [7, 11) is 2.11. The van der Waals surface area contributed by atoms with Crippen LogP contribution in [-0.2, 0) is 0 Å². The van der Waals surface area contributed by atoms with Crippen molar-refractivity contribution in [3.05, 3.63) is 11.2 Å². The Kier molecular flexibility index (Phi) is 6.48. The molecule has 0 aliphatic carbocycles. The molecule has 1 aliphatic rings. The fourth-order valence-electron chi connectivity index (χ4n) is 1.62. The molecule has 0 amide bonds. The number of nitrogen functional groups attached to an aromatic ring is 1. The average Bonchev–Trinajstić information content (AvgIpc) is 2.17. The Balaban J connectivity index is 0.00000128. The van der Waals surface area contributed by atoms with Gasteiger partial charge in [-0.2, -0.15) is 4.98 Å². The lowest BCUT2D eigenvalue weighted by atomic mass is 10.3. The van der Waals surface area contributed by atoms with Crippen LogP contribution in [0.3, 0.4) is 0 Å². The molecule has 0 radical (unpaired) electrons. The van der Waals surface area contributed by atoms with E-state index in [0.29, 0.717) is 5.15 Å². The van der Waals surface area contributed by atoms with Gasteiger partial charge in [-0.3, -0.25) is 0 Å². The van der Waals surface area contributed by atoms with Gasteiger partial charge < -0.3 is 21.0 Å². The summed E-state index contributed by atoms with van der Waals surface area (Å²) in [4.78, 5) is 12.5. The zero-order valence-electron chi connectivity index (χ0n) is 9.56. The minimum atomic E-state index is 0. The average molecular weight is 282 g/mol. The number of halogens is 2. The van der Waals surface area contributed by atoms with Crippen LogP contribution in [0.1, 0.15) is 0 Å². The number of nitrogens with two attached hydrogens (primary N) is 1. The summed E-state index contributed by atoms with van der Waals surface area (Å²) >= 11 is 5.83. The summed E-state index contributed by atoms with van der Waals surface area (Å²) in [5, 5.41) is 0.399. The number of piperazine rings is 1. The maximum absolute atomic E-state index is 5.83. The van der Waals surface area contributed by atoms with E-state index in [1.54, 1.807) is 6.07 Å². The first-order valence-corrected chi connectivity index (χ1v) is 5.26. The van der Waals surface area contributed by atoms with E-state index in [-0.39, 0.29) is 23.8 Å². The first kappa shape index (κ1) is 16.2. The third kappa shape index (κ3) is 4.16. The molecule has 6 nitrogen and oxygen atoms in total. The number of hydrogen-bond acceptors (Lipinski definition) is 5. The summed E-state index contributed by atoms with van der Waals surface area (Å²) in [5.41, 5.74) is 5.55. The van der Waals surface area contributed by atoms with Crippen molar-refractivity contribution in [1.29, 1.82) is 0 Å². The molecular formula is C9H17Cl2N5O. The largest absolute Gasteiger partial charge is 0.412 e. The highest BCUT2D eigenvalue weighted by Crippen LogP contribution is 2.18. The molecule has 1 fully saturated rings. The molecule has 2 heterocycles. The highest BCUT2D eigenvalue weighted by atomic mass is 35.5. The van der Waals surface area contributed by atoms with Crippen molar-refractivity contribution in [3.63, 3.8) is 0 Å². The summed E-state index contributed by atoms with van der Waals surface area (Å²) in [6, 6.07) is 1.75. The van der Waals surface area contributed by atoms with E-state index in [1.165, 1.54) is 0 Å². The van der Waals surface area contributed by atoms with E-state index in [4.69, 9.17) is 17.3 Å². The first-order chi connectivity index (χ1) is 7.15. The molecule has 0 unspecified atom stereocenters. The fourth-order valence-corrected chi connectivity index (χ4v) is 1.80. The Morgan fingerprint density at radius 1 is 1.24 bits per heavy atom. The second-order valence-electron chi connectivity index (χ2n) is 3.70. The number of nitrogens with zero attached hydrogens (tertiary/aromatic N) is 4. The van der Waals surface area contributed by atoms with Crippen molar-refractivity contribution in [2.24, 2.45) is 0 Å². The molecule has 2 rings (SSSR count). The second kappa shape index (κ2) is 6.80. The molecule has 0 saturated carbocycles. The van der Waals surface area contributed by atoms with E-state index < -0.39 is 0 Å². The van der Waals surface area contributed by atoms with Crippen LogP contribution in [0.4, 0.5) is 11.8 Å². The predicted octanol–water partition coefficient (Wildman–Crippen LogP) is 0.0611. The van der Waals surface area contributed by atoms with E-state index in [1.807, 2.05) is 0 Å². The Morgan fingerprint density at radius 3 is 2.35 bits per heavy atom. The summed E-state index contributed by atoms with van der Waals surface area (Å²) < 4.78 is 0. The van der Waals surface area contributed by atoms with Gasteiger partial charge in [-0.15, -0.1) is 12.4 Å². The van der Waals surface area contributed by atoms with Crippen LogP contribution < -0.4 is 10.6 Å². The maximum Gasteiger partial charge on any atom is 0.223 e. The molecule has 8 heteroatoms. The molecule has 1 aliphatic heterocycles. The molecule has 0 spiro atoms. The smallest absolute Gasteiger partial charge is 0.223 e.